The smallest absolute Gasteiger partial charge is 0.0399 e. The van der Waals surface area contributed by atoms with E-state index in [4.69, 9.17) is 5.73 Å². The van der Waals surface area contributed by atoms with Crippen LogP contribution in [0.5, 0.6) is 0 Å². The van der Waals surface area contributed by atoms with E-state index in [9.17, 15) is 0 Å². The van der Waals surface area contributed by atoms with Crippen LogP contribution >= 0.6 is 0 Å². The van der Waals surface area contributed by atoms with Crippen LogP contribution in [0.1, 0.15) is 37.3 Å². The Morgan fingerprint density at radius 2 is 1.95 bits per heavy atom. The van der Waals surface area contributed by atoms with Gasteiger partial charge in [-0.3, -0.25) is 0 Å². The maximum absolute atomic E-state index is 6.19. The predicted octanol–water partition coefficient (Wildman–Crippen LogP) is 2.81. The fraction of sp³-hybridized carbons (Fsp3) is 0.667. The topological polar surface area (TPSA) is 32.5 Å². The van der Waals surface area contributed by atoms with Crippen LogP contribution in [0, 0.1) is 6.92 Å². The van der Waals surface area contributed by atoms with Gasteiger partial charge in [-0.25, -0.2) is 0 Å². The van der Waals surface area contributed by atoms with Gasteiger partial charge in [0.1, 0.15) is 0 Å². The van der Waals surface area contributed by atoms with Gasteiger partial charge in [-0.15, -0.1) is 0 Å². The van der Waals surface area contributed by atoms with E-state index in [1.807, 2.05) is 0 Å². The Labute approximate surface area is 130 Å². The molecule has 0 bridgehead atoms. The first-order chi connectivity index (χ1) is 10.0. The zero-order valence-corrected chi connectivity index (χ0v) is 14.1. The molecule has 118 valence electrons. The molecule has 0 radical (unpaired) electrons. The first-order valence-corrected chi connectivity index (χ1v) is 8.27. The molecule has 3 heteroatoms. The molecule has 0 aliphatic carbocycles. The molecule has 1 aromatic rings. The van der Waals surface area contributed by atoms with Crippen molar-refractivity contribution >= 4 is 5.69 Å². The largest absolute Gasteiger partial charge is 0.371 e. The molecular weight excluding hydrogens is 258 g/mol. The highest BCUT2D eigenvalue weighted by atomic mass is 15.2. The summed E-state index contributed by atoms with van der Waals surface area (Å²) in [5.74, 6) is 0. The fourth-order valence-electron chi connectivity index (χ4n) is 3.24. The van der Waals surface area contributed by atoms with E-state index in [1.165, 1.54) is 29.7 Å². The third kappa shape index (κ3) is 4.21. The molecule has 1 saturated heterocycles. The van der Waals surface area contributed by atoms with Crippen LogP contribution in [0.15, 0.2) is 18.2 Å². The minimum absolute atomic E-state index is 0.268. The van der Waals surface area contributed by atoms with Gasteiger partial charge >= 0.3 is 0 Å². The van der Waals surface area contributed by atoms with E-state index in [-0.39, 0.29) is 6.04 Å². The van der Waals surface area contributed by atoms with Gasteiger partial charge in [0.15, 0.2) is 0 Å². The lowest BCUT2D eigenvalue weighted by molar-refractivity contribution is 0.249. The van der Waals surface area contributed by atoms with Crippen molar-refractivity contribution in [3.05, 3.63) is 29.3 Å². The number of benzene rings is 1. The van der Waals surface area contributed by atoms with Crippen molar-refractivity contribution in [1.29, 1.82) is 0 Å². The summed E-state index contributed by atoms with van der Waals surface area (Å²) in [5, 5.41) is 0. The maximum Gasteiger partial charge on any atom is 0.0399 e. The molecule has 3 nitrogen and oxygen atoms in total. The highest BCUT2D eigenvalue weighted by molar-refractivity contribution is 5.55. The summed E-state index contributed by atoms with van der Waals surface area (Å²) in [4.78, 5) is 4.91. The number of nitrogens with two attached hydrogens (primary N) is 1. The third-order valence-electron chi connectivity index (χ3n) is 4.78. The molecule has 2 rings (SSSR count). The van der Waals surface area contributed by atoms with E-state index in [2.05, 4.69) is 55.9 Å². The minimum atomic E-state index is 0.268. The van der Waals surface area contributed by atoms with E-state index in [0.29, 0.717) is 0 Å². The van der Waals surface area contributed by atoms with Crippen molar-refractivity contribution in [3.63, 3.8) is 0 Å². The van der Waals surface area contributed by atoms with Crippen molar-refractivity contribution < 1.29 is 0 Å². The second kappa shape index (κ2) is 7.28. The summed E-state index contributed by atoms with van der Waals surface area (Å²) in [6.07, 6.45) is 4.53. The van der Waals surface area contributed by atoms with E-state index >= 15 is 0 Å². The minimum Gasteiger partial charge on any atom is -0.371 e. The lowest BCUT2D eigenvalue weighted by atomic mass is 9.97. The monoisotopic (exact) mass is 289 g/mol. The number of rotatable bonds is 5. The maximum atomic E-state index is 6.19. The summed E-state index contributed by atoms with van der Waals surface area (Å²) in [5.41, 5.74) is 10.4. The predicted molar refractivity (Wildman–Crippen MR) is 92.1 cm³/mol. The molecule has 0 saturated carbocycles. The van der Waals surface area contributed by atoms with Crippen LogP contribution in [0.2, 0.25) is 0 Å². The van der Waals surface area contributed by atoms with Crippen molar-refractivity contribution in [2.75, 3.05) is 32.1 Å². The van der Waals surface area contributed by atoms with Crippen LogP contribution in [0.3, 0.4) is 0 Å². The fourth-order valence-corrected chi connectivity index (χ4v) is 3.24. The van der Waals surface area contributed by atoms with Gasteiger partial charge in [0.2, 0.25) is 0 Å². The van der Waals surface area contributed by atoms with Gasteiger partial charge in [0.25, 0.3) is 0 Å². The van der Waals surface area contributed by atoms with Gasteiger partial charge in [0, 0.05) is 30.9 Å². The van der Waals surface area contributed by atoms with Crippen LogP contribution < -0.4 is 10.6 Å². The molecule has 2 N–H and O–H groups in total. The van der Waals surface area contributed by atoms with Gasteiger partial charge in [0.05, 0.1) is 0 Å². The highest BCUT2D eigenvalue weighted by Gasteiger charge is 2.22. The second-order valence-electron chi connectivity index (χ2n) is 6.69. The van der Waals surface area contributed by atoms with Gasteiger partial charge in [-0.2, -0.15) is 0 Å². The zero-order chi connectivity index (χ0) is 15.4. The molecule has 1 unspecified atom stereocenters. The SMILES string of the molecule is CCC(N)Cc1cc(C)ccc1N1CCC(N(C)C)CC1. The summed E-state index contributed by atoms with van der Waals surface area (Å²) < 4.78 is 0. The van der Waals surface area contributed by atoms with Gasteiger partial charge < -0.3 is 15.5 Å². The molecule has 1 fully saturated rings. The molecule has 1 aromatic carbocycles. The van der Waals surface area contributed by atoms with Crippen LogP contribution in [0.25, 0.3) is 0 Å². The first-order valence-electron chi connectivity index (χ1n) is 8.27. The standard InChI is InChI=1S/C18H31N3/c1-5-16(19)13-15-12-14(2)6-7-18(15)21-10-8-17(9-11-21)20(3)4/h6-7,12,16-17H,5,8-11,13,19H2,1-4H3. The Hall–Kier alpha value is -1.06. The third-order valence-corrected chi connectivity index (χ3v) is 4.78. The number of anilines is 1. The Morgan fingerprint density at radius 3 is 2.52 bits per heavy atom. The van der Waals surface area contributed by atoms with Crippen LogP contribution in [-0.2, 0) is 6.42 Å². The molecule has 0 spiro atoms. The first kappa shape index (κ1) is 16.3. The molecule has 1 atom stereocenters. The Morgan fingerprint density at radius 1 is 1.29 bits per heavy atom. The molecule has 0 aromatic heterocycles. The lowest BCUT2D eigenvalue weighted by Gasteiger charge is -2.37. The average molecular weight is 289 g/mol. The number of nitrogens with zero attached hydrogens (tertiary/aromatic N) is 2. The second-order valence-corrected chi connectivity index (χ2v) is 6.69. The number of aryl methyl sites for hydroxylation is 1. The lowest BCUT2D eigenvalue weighted by Crippen LogP contribution is -2.42. The highest BCUT2D eigenvalue weighted by Crippen LogP contribution is 2.27. The van der Waals surface area contributed by atoms with E-state index in [0.717, 1.165) is 32.0 Å². The van der Waals surface area contributed by atoms with Crippen molar-refractivity contribution in [2.45, 2.75) is 51.6 Å². The molecular formula is C18H31N3. The molecule has 21 heavy (non-hydrogen) atoms. The van der Waals surface area contributed by atoms with Gasteiger partial charge in [-0.1, -0.05) is 24.6 Å². The number of piperidine rings is 1. The normalized spacial score (nSPS) is 18.3. The average Bonchev–Trinajstić information content (AvgIpc) is 2.47. The van der Waals surface area contributed by atoms with E-state index < -0.39 is 0 Å². The summed E-state index contributed by atoms with van der Waals surface area (Å²) in [6, 6.07) is 7.85. The summed E-state index contributed by atoms with van der Waals surface area (Å²) in [7, 11) is 4.38. The van der Waals surface area contributed by atoms with Crippen molar-refractivity contribution in [2.24, 2.45) is 5.73 Å². The summed E-state index contributed by atoms with van der Waals surface area (Å²) >= 11 is 0. The van der Waals surface area contributed by atoms with E-state index in [1.54, 1.807) is 0 Å². The van der Waals surface area contributed by atoms with Crippen LogP contribution in [-0.4, -0.2) is 44.2 Å². The summed E-state index contributed by atoms with van der Waals surface area (Å²) in [6.45, 7) is 6.65. The Kier molecular flexibility index (Phi) is 5.65. The molecule has 1 heterocycles. The number of hydrogen-bond acceptors (Lipinski definition) is 3. The quantitative estimate of drug-likeness (QED) is 0.904. The Balaban J connectivity index is 2.12. The van der Waals surface area contributed by atoms with Crippen molar-refractivity contribution in [3.8, 4) is 0 Å². The Bertz CT molecular complexity index is 448. The van der Waals surface area contributed by atoms with Crippen LogP contribution in [0.4, 0.5) is 5.69 Å². The molecule has 1 aliphatic heterocycles. The molecule has 0 amide bonds. The number of hydrogen-bond donors (Lipinski definition) is 1. The zero-order valence-electron chi connectivity index (χ0n) is 14.1. The van der Waals surface area contributed by atoms with Crippen molar-refractivity contribution in [1.82, 2.24) is 4.90 Å². The molecule has 1 aliphatic rings. The van der Waals surface area contributed by atoms with Gasteiger partial charge in [-0.05, 0) is 58.3 Å².